The van der Waals surface area contributed by atoms with E-state index in [2.05, 4.69) is 0 Å². The third kappa shape index (κ3) is 3.38. The molecule has 2 heterocycles. The fraction of sp³-hybridized carbons (Fsp3) is 0.600. The fourth-order valence-corrected chi connectivity index (χ4v) is 5.61. The number of carbonyl (C=O) groups excluding carboxylic acids is 2. The van der Waals surface area contributed by atoms with Crippen molar-refractivity contribution in [3.8, 4) is 11.5 Å². The Morgan fingerprint density at radius 2 is 2.11 bits per heavy atom. The van der Waals surface area contributed by atoms with E-state index in [1.807, 2.05) is 23.1 Å². The van der Waals surface area contributed by atoms with Gasteiger partial charge in [-0.15, -0.1) is 0 Å². The lowest BCUT2D eigenvalue weighted by atomic mass is 9.79. The van der Waals surface area contributed by atoms with E-state index in [4.69, 9.17) is 14.2 Å². The van der Waals surface area contributed by atoms with Gasteiger partial charge in [-0.2, -0.15) is 0 Å². The lowest BCUT2D eigenvalue weighted by Crippen LogP contribution is -2.50. The van der Waals surface area contributed by atoms with Crippen molar-refractivity contribution in [2.45, 2.75) is 50.2 Å². The molecule has 1 amide bonds. The smallest absolute Gasteiger partial charge is 0.302 e. The molecular weight excluding hydrogens is 382 g/mol. The number of carbonyl (C=O) groups is 2. The lowest BCUT2D eigenvalue weighted by molar-refractivity contribution is -0.146. The second kappa shape index (κ2) is 7.39. The first-order valence-corrected chi connectivity index (χ1v) is 11.3. The van der Waals surface area contributed by atoms with Gasteiger partial charge in [0.2, 0.25) is 12.7 Å². The highest BCUT2D eigenvalue weighted by atomic mass is 32.2. The zero-order chi connectivity index (χ0) is 19.9. The van der Waals surface area contributed by atoms with Crippen molar-refractivity contribution < 1.29 is 28.0 Å². The minimum atomic E-state index is -1.20. The first kappa shape index (κ1) is 19.2. The van der Waals surface area contributed by atoms with Crippen LogP contribution in [0.2, 0.25) is 0 Å². The van der Waals surface area contributed by atoms with E-state index in [-0.39, 0.29) is 36.4 Å². The van der Waals surface area contributed by atoms with Crippen LogP contribution < -0.4 is 9.47 Å². The number of esters is 1. The Labute approximate surface area is 166 Å². The van der Waals surface area contributed by atoms with Gasteiger partial charge in [0.05, 0.1) is 5.54 Å². The molecule has 2 fully saturated rings. The lowest BCUT2D eigenvalue weighted by Gasteiger charge is -2.40. The number of benzene rings is 1. The summed E-state index contributed by atoms with van der Waals surface area (Å²) in [5.74, 6) is 1.06. The second-order valence-corrected chi connectivity index (χ2v) is 9.24. The normalized spacial score (nSPS) is 29.3. The number of nitrogens with zero attached hydrogens (tertiary/aromatic N) is 1. The summed E-state index contributed by atoms with van der Waals surface area (Å²) in [6, 6.07) is 5.88. The maximum atomic E-state index is 12.9. The molecule has 1 aromatic carbocycles. The summed E-state index contributed by atoms with van der Waals surface area (Å²) in [5, 5.41) is 0. The standard InChI is InChI=1S/C20H25NO6S/c1-13(22)27-15-9-16(14-4-5-17-18(8-14)26-12-25-17)20(10-15)6-3-7-21(20)19(23)11-28(2)24/h4-5,8,15-16H,3,6-7,9-12H2,1-2H3/t15-,16-,20-,28?/m0/s1. The molecule has 3 aliphatic rings. The van der Waals surface area contributed by atoms with Gasteiger partial charge in [0.15, 0.2) is 11.5 Å². The molecule has 7 nitrogen and oxygen atoms in total. The number of hydrogen-bond acceptors (Lipinski definition) is 6. The molecule has 0 bridgehead atoms. The maximum absolute atomic E-state index is 12.9. The number of amides is 1. The van der Waals surface area contributed by atoms with Crippen molar-refractivity contribution in [3.05, 3.63) is 23.8 Å². The van der Waals surface area contributed by atoms with E-state index in [1.54, 1.807) is 6.26 Å². The van der Waals surface area contributed by atoms with E-state index in [0.29, 0.717) is 30.9 Å². The van der Waals surface area contributed by atoms with Crippen molar-refractivity contribution in [2.24, 2.45) is 0 Å². The Morgan fingerprint density at radius 1 is 1.32 bits per heavy atom. The van der Waals surface area contributed by atoms with Gasteiger partial charge in [-0.1, -0.05) is 6.07 Å². The van der Waals surface area contributed by atoms with Crippen LogP contribution in [0.5, 0.6) is 11.5 Å². The van der Waals surface area contributed by atoms with Crippen LogP contribution in [0.3, 0.4) is 0 Å². The summed E-state index contributed by atoms with van der Waals surface area (Å²) in [5.41, 5.74) is 0.626. The fourth-order valence-electron chi connectivity index (χ4n) is 5.10. The van der Waals surface area contributed by atoms with E-state index >= 15 is 0 Å². The predicted molar refractivity (Wildman–Crippen MR) is 103 cm³/mol. The first-order valence-electron chi connectivity index (χ1n) is 9.56. The van der Waals surface area contributed by atoms with Gasteiger partial charge in [0.25, 0.3) is 0 Å². The van der Waals surface area contributed by atoms with E-state index in [1.165, 1.54) is 6.92 Å². The zero-order valence-corrected chi connectivity index (χ0v) is 17.0. The van der Waals surface area contributed by atoms with Crippen LogP contribution >= 0.6 is 0 Å². The molecule has 28 heavy (non-hydrogen) atoms. The van der Waals surface area contributed by atoms with Crippen LogP contribution in [0, 0.1) is 0 Å². The highest BCUT2D eigenvalue weighted by molar-refractivity contribution is 7.85. The predicted octanol–water partition coefficient (Wildman–Crippen LogP) is 1.96. The third-order valence-electron chi connectivity index (χ3n) is 6.02. The highest BCUT2D eigenvalue weighted by Gasteiger charge is 2.56. The Hall–Kier alpha value is -2.09. The number of rotatable bonds is 4. The molecule has 1 spiro atoms. The van der Waals surface area contributed by atoms with Crippen LogP contribution in [-0.4, -0.2) is 58.0 Å². The van der Waals surface area contributed by atoms with Gasteiger partial charge in [-0.25, -0.2) is 0 Å². The molecule has 0 aromatic heterocycles. The summed E-state index contributed by atoms with van der Waals surface area (Å²) in [7, 11) is -1.20. The van der Waals surface area contributed by atoms with Crippen LogP contribution in [0.15, 0.2) is 18.2 Å². The monoisotopic (exact) mass is 407 g/mol. The zero-order valence-electron chi connectivity index (χ0n) is 16.1. The molecule has 1 unspecified atom stereocenters. The topological polar surface area (TPSA) is 82.1 Å². The summed E-state index contributed by atoms with van der Waals surface area (Å²) in [4.78, 5) is 26.4. The highest BCUT2D eigenvalue weighted by Crippen LogP contribution is 2.54. The van der Waals surface area contributed by atoms with Crippen molar-refractivity contribution in [3.63, 3.8) is 0 Å². The van der Waals surface area contributed by atoms with Crippen molar-refractivity contribution in [2.75, 3.05) is 25.3 Å². The number of likely N-dealkylation sites (tertiary alicyclic amines) is 1. The molecule has 1 saturated carbocycles. The van der Waals surface area contributed by atoms with Gasteiger partial charge in [0.1, 0.15) is 11.9 Å². The molecule has 0 radical (unpaired) electrons. The van der Waals surface area contributed by atoms with Crippen LogP contribution in [0.1, 0.15) is 44.1 Å². The minimum absolute atomic E-state index is 0.0168. The van der Waals surface area contributed by atoms with Gasteiger partial charge in [0, 0.05) is 42.9 Å². The van der Waals surface area contributed by atoms with Crippen LogP contribution in [-0.2, 0) is 25.1 Å². The average Bonchev–Trinajstić information content (AvgIpc) is 3.32. The Morgan fingerprint density at radius 3 is 2.86 bits per heavy atom. The van der Waals surface area contributed by atoms with Crippen LogP contribution in [0.25, 0.3) is 0 Å². The molecule has 4 rings (SSSR count). The number of fused-ring (bicyclic) bond motifs is 1. The van der Waals surface area contributed by atoms with E-state index in [9.17, 15) is 13.8 Å². The SMILES string of the molecule is CC(=O)O[C@H]1C[C@@H](c2ccc3c(c2)OCO3)[C@]2(CCCN2C(=O)CS(C)=O)C1. The molecule has 152 valence electrons. The van der Waals surface area contributed by atoms with Crippen molar-refractivity contribution in [1.29, 1.82) is 0 Å². The minimum Gasteiger partial charge on any atom is -0.462 e. The molecule has 1 aliphatic carbocycles. The largest absolute Gasteiger partial charge is 0.462 e. The average molecular weight is 407 g/mol. The summed E-state index contributed by atoms with van der Waals surface area (Å²) in [6.07, 6.45) is 4.29. The molecule has 1 saturated heterocycles. The molecule has 0 N–H and O–H groups in total. The maximum Gasteiger partial charge on any atom is 0.302 e. The van der Waals surface area contributed by atoms with Crippen molar-refractivity contribution >= 4 is 22.7 Å². The van der Waals surface area contributed by atoms with Gasteiger partial charge in [-0.05, 0) is 37.0 Å². The number of hydrogen-bond donors (Lipinski definition) is 0. The third-order valence-corrected chi connectivity index (χ3v) is 6.67. The van der Waals surface area contributed by atoms with E-state index < -0.39 is 16.3 Å². The molecule has 8 heteroatoms. The molecule has 4 atom stereocenters. The first-order chi connectivity index (χ1) is 13.4. The summed E-state index contributed by atoms with van der Waals surface area (Å²) in [6.45, 7) is 2.26. The number of ether oxygens (including phenoxy) is 3. The molecule has 1 aromatic rings. The Balaban J connectivity index is 1.70. The quantitative estimate of drug-likeness (QED) is 0.710. The summed E-state index contributed by atoms with van der Waals surface area (Å²) >= 11 is 0. The Bertz CT molecular complexity index is 827. The van der Waals surface area contributed by atoms with Gasteiger partial charge < -0.3 is 19.1 Å². The molecule has 2 aliphatic heterocycles. The molecular formula is C20H25NO6S. The van der Waals surface area contributed by atoms with Gasteiger partial charge in [-0.3, -0.25) is 13.8 Å². The van der Waals surface area contributed by atoms with Gasteiger partial charge >= 0.3 is 5.97 Å². The van der Waals surface area contributed by atoms with Crippen LogP contribution in [0.4, 0.5) is 0 Å². The summed E-state index contributed by atoms with van der Waals surface area (Å²) < 4.78 is 28.2. The van der Waals surface area contributed by atoms with Crippen molar-refractivity contribution in [1.82, 2.24) is 4.90 Å². The Kier molecular flexibility index (Phi) is 5.07. The van der Waals surface area contributed by atoms with E-state index in [0.717, 1.165) is 18.4 Å². The second-order valence-electron chi connectivity index (χ2n) is 7.81.